The molecule has 0 bridgehead atoms. The third-order valence-electron chi connectivity index (χ3n) is 2.97. The maximum absolute atomic E-state index is 13.0. The van der Waals surface area contributed by atoms with Gasteiger partial charge in [-0.05, 0) is 36.2 Å². The number of nitrogens with zero attached hydrogens (tertiary/aromatic N) is 2. The summed E-state index contributed by atoms with van der Waals surface area (Å²) >= 11 is 0. The van der Waals surface area contributed by atoms with Crippen LogP contribution in [0.3, 0.4) is 0 Å². The highest BCUT2D eigenvalue weighted by Gasteiger charge is 2.15. The molecular weight excluding hydrogens is 243 g/mol. The van der Waals surface area contributed by atoms with Crippen LogP contribution in [0.5, 0.6) is 0 Å². The Kier molecular flexibility index (Phi) is 3.90. The van der Waals surface area contributed by atoms with Gasteiger partial charge in [-0.3, -0.25) is 4.79 Å². The Bertz CT molecular complexity index is 581. The molecule has 0 N–H and O–H groups in total. The highest BCUT2D eigenvalue weighted by molar-refractivity contribution is 6.04. The predicted molar refractivity (Wildman–Crippen MR) is 72.7 cm³/mol. The lowest BCUT2D eigenvalue weighted by Crippen LogP contribution is -2.27. The van der Waals surface area contributed by atoms with Crippen molar-refractivity contribution in [1.29, 1.82) is 0 Å². The van der Waals surface area contributed by atoms with Crippen LogP contribution in [0.15, 0.2) is 42.5 Å². The molecule has 0 saturated carbocycles. The van der Waals surface area contributed by atoms with Gasteiger partial charge in [0, 0.05) is 12.7 Å². The summed E-state index contributed by atoms with van der Waals surface area (Å²) < 4.78 is 13.0. The van der Waals surface area contributed by atoms with Crippen molar-refractivity contribution in [3.8, 4) is 0 Å². The minimum atomic E-state index is -0.652. The Hall–Kier alpha value is -2.23. The fourth-order valence-corrected chi connectivity index (χ4v) is 1.77. The molecule has 0 radical (unpaired) electrons. The van der Waals surface area contributed by atoms with Crippen molar-refractivity contribution in [3.63, 3.8) is 0 Å². The standard InChI is InChI=1S/C15H15FN2O/c1-3-11-7-9-12(10-8-11)18(2)15(19)13-5-4-6-14(16)17-13/h4-10H,3H2,1-2H3. The molecule has 0 spiro atoms. The highest BCUT2D eigenvalue weighted by Crippen LogP contribution is 2.16. The third kappa shape index (κ3) is 2.96. The Labute approximate surface area is 111 Å². The van der Waals surface area contributed by atoms with E-state index in [0.717, 1.165) is 12.1 Å². The summed E-state index contributed by atoms with van der Waals surface area (Å²) in [5.74, 6) is -0.982. The molecule has 0 saturated heterocycles. The minimum Gasteiger partial charge on any atom is -0.310 e. The molecule has 0 fully saturated rings. The topological polar surface area (TPSA) is 33.2 Å². The lowest BCUT2D eigenvalue weighted by Gasteiger charge is -2.17. The Morgan fingerprint density at radius 2 is 1.89 bits per heavy atom. The van der Waals surface area contributed by atoms with E-state index in [9.17, 15) is 9.18 Å². The van der Waals surface area contributed by atoms with Crippen LogP contribution in [0, 0.1) is 5.95 Å². The van der Waals surface area contributed by atoms with Crippen molar-refractivity contribution in [1.82, 2.24) is 4.98 Å². The number of carbonyl (C=O) groups is 1. The summed E-state index contributed by atoms with van der Waals surface area (Å²) in [5.41, 5.74) is 2.06. The molecule has 1 heterocycles. The summed E-state index contributed by atoms with van der Waals surface area (Å²) in [4.78, 5) is 17.2. The maximum Gasteiger partial charge on any atom is 0.276 e. The lowest BCUT2D eigenvalue weighted by atomic mass is 10.1. The fourth-order valence-electron chi connectivity index (χ4n) is 1.77. The van der Waals surface area contributed by atoms with Gasteiger partial charge in [0.1, 0.15) is 5.69 Å². The Morgan fingerprint density at radius 1 is 1.21 bits per heavy atom. The smallest absolute Gasteiger partial charge is 0.276 e. The van der Waals surface area contributed by atoms with Gasteiger partial charge in [0.15, 0.2) is 0 Å². The fraction of sp³-hybridized carbons (Fsp3) is 0.200. The summed E-state index contributed by atoms with van der Waals surface area (Å²) in [6.07, 6.45) is 0.948. The van der Waals surface area contributed by atoms with Crippen molar-refractivity contribution >= 4 is 11.6 Å². The molecule has 4 heteroatoms. The van der Waals surface area contributed by atoms with Crippen LogP contribution in [0.25, 0.3) is 0 Å². The highest BCUT2D eigenvalue weighted by atomic mass is 19.1. The summed E-state index contributed by atoms with van der Waals surface area (Å²) in [7, 11) is 1.65. The van der Waals surface area contributed by atoms with E-state index in [0.29, 0.717) is 0 Å². The van der Waals surface area contributed by atoms with E-state index in [2.05, 4.69) is 11.9 Å². The van der Waals surface area contributed by atoms with Gasteiger partial charge in [0.2, 0.25) is 5.95 Å². The SMILES string of the molecule is CCc1ccc(N(C)C(=O)c2cccc(F)n2)cc1. The zero-order valence-electron chi connectivity index (χ0n) is 10.9. The molecule has 1 amide bonds. The van der Waals surface area contributed by atoms with E-state index in [1.807, 2.05) is 24.3 Å². The first-order valence-electron chi connectivity index (χ1n) is 6.11. The number of aromatic nitrogens is 1. The molecule has 0 aliphatic rings. The second kappa shape index (κ2) is 5.61. The molecule has 0 atom stereocenters. The molecule has 2 rings (SSSR count). The van der Waals surface area contributed by atoms with Gasteiger partial charge < -0.3 is 4.90 Å². The number of anilines is 1. The third-order valence-corrected chi connectivity index (χ3v) is 2.97. The number of hydrogen-bond donors (Lipinski definition) is 0. The van der Waals surface area contributed by atoms with Crippen molar-refractivity contribution in [3.05, 3.63) is 59.7 Å². The molecule has 19 heavy (non-hydrogen) atoms. The van der Waals surface area contributed by atoms with E-state index in [4.69, 9.17) is 0 Å². The number of pyridine rings is 1. The lowest BCUT2D eigenvalue weighted by molar-refractivity contribution is 0.0987. The van der Waals surface area contributed by atoms with Crippen LogP contribution in [-0.4, -0.2) is 17.9 Å². The number of benzene rings is 1. The number of amides is 1. The monoisotopic (exact) mass is 258 g/mol. The summed E-state index contributed by atoms with van der Waals surface area (Å²) in [6, 6.07) is 11.9. The summed E-state index contributed by atoms with van der Waals surface area (Å²) in [6.45, 7) is 2.07. The molecule has 1 aromatic carbocycles. The van der Waals surface area contributed by atoms with Gasteiger partial charge in [-0.2, -0.15) is 4.39 Å². The van der Waals surface area contributed by atoms with Crippen LogP contribution in [-0.2, 0) is 6.42 Å². The van der Waals surface area contributed by atoms with E-state index in [1.165, 1.54) is 28.7 Å². The molecule has 2 aromatic rings. The first-order valence-corrected chi connectivity index (χ1v) is 6.11. The van der Waals surface area contributed by atoms with E-state index < -0.39 is 5.95 Å². The largest absolute Gasteiger partial charge is 0.310 e. The molecule has 98 valence electrons. The van der Waals surface area contributed by atoms with Gasteiger partial charge in [-0.15, -0.1) is 0 Å². The number of halogens is 1. The summed E-state index contributed by atoms with van der Waals surface area (Å²) in [5, 5.41) is 0. The first kappa shape index (κ1) is 13.2. The second-order valence-electron chi connectivity index (χ2n) is 4.23. The first-order chi connectivity index (χ1) is 9.11. The van der Waals surface area contributed by atoms with E-state index in [1.54, 1.807) is 7.05 Å². The quantitative estimate of drug-likeness (QED) is 0.793. The van der Waals surface area contributed by atoms with Crippen LogP contribution >= 0.6 is 0 Å². The van der Waals surface area contributed by atoms with Gasteiger partial charge in [-0.1, -0.05) is 25.1 Å². The van der Waals surface area contributed by atoms with E-state index >= 15 is 0 Å². The van der Waals surface area contributed by atoms with Gasteiger partial charge in [-0.25, -0.2) is 4.98 Å². The van der Waals surface area contributed by atoms with Gasteiger partial charge >= 0.3 is 0 Å². The minimum absolute atomic E-state index is 0.0991. The zero-order chi connectivity index (χ0) is 13.8. The number of hydrogen-bond acceptors (Lipinski definition) is 2. The molecule has 0 aliphatic heterocycles. The van der Waals surface area contributed by atoms with Gasteiger partial charge in [0.25, 0.3) is 5.91 Å². The average Bonchev–Trinajstić information content (AvgIpc) is 2.46. The second-order valence-corrected chi connectivity index (χ2v) is 4.23. The van der Waals surface area contributed by atoms with Crippen LogP contribution in [0.1, 0.15) is 23.0 Å². The zero-order valence-corrected chi connectivity index (χ0v) is 10.9. The van der Waals surface area contributed by atoms with Crippen molar-refractivity contribution in [2.24, 2.45) is 0 Å². The predicted octanol–water partition coefficient (Wildman–Crippen LogP) is 3.06. The Morgan fingerprint density at radius 3 is 2.47 bits per heavy atom. The van der Waals surface area contributed by atoms with Crippen LogP contribution in [0.4, 0.5) is 10.1 Å². The normalized spacial score (nSPS) is 10.3. The van der Waals surface area contributed by atoms with Gasteiger partial charge in [0.05, 0.1) is 0 Å². The molecular formula is C15H15FN2O. The molecule has 1 aromatic heterocycles. The van der Waals surface area contributed by atoms with Crippen molar-refractivity contribution in [2.45, 2.75) is 13.3 Å². The molecule has 0 aliphatic carbocycles. The molecule has 3 nitrogen and oxygen atoms in total. The average molecular weight is 258 g/mol. The van der Waals surface area contributed by atoms with Crippen LogP contribution in [0.2, 0.25) is 0 Å². The molecule has 0 unspecified atom stereocenters. The number of rotatable bonds is 3. The van der Waals surface area contributed by atoms with Crippen molar-refractivity contribution < 1.29 is 9.18 Å². The maximum atomic E-state index is 13.0. The number of aryl methyl sites for hydroxylation is 1. The van der Waals surface area contributed by atoms with Crippen LogP contribution < -0.4 is 4.90 Å². The van der Waals surface area contributed by atoms with E-state index in [-0.39, 0.29) is 11.6 Å². The Balaban J connectivity index is 2.23. The van der Waals surface area contributed by atoms with Crippen molar-refractivity contribution in [2.75, 3.05) is 11.9 Å². The number of carbonyl (C=O) groups excluding carboxylic acids is 1.